The number of aromatic nitrogens is 2. The normalized spacial score (nSPS) is 19.2. The maximum atomic E-state index is 13.3. The quantitative estimate of drug-likeness (QED) is 0.600. The van der Waals surface area contributed by atoms with Crippen molar-refractivity contribution in [2.75, 3.05) is 0 Å². The number of halogens is 1. The minimum Gasteiger partial charge on any atom is -0.442 e. The fourth-order valence-electron chi connectivity index (χ4n) is 4.69. The van der Waals surface area contributed by atoms with Crippen LogP contribution in [0.25, 0.3) is 0 Å². The van der Waals surface area contributed by atoms with Crippen LogP contribution in [-0.2, 0) is 11.3 Å². The van der Waals surface area contributed by atoms with Gasteiger partial charge in [0.15, 0.2) is 5.78 Å². The van der Waals surface area contributed by atoms with Gasteiger partial charge in [-0.1, -0.05) is 67.9 Å². The van der Waals surface area contributed by atoms with Gasteiger partial charge in [0.1, 0.15) is 17.6 Å². The van der Waals surface area contributed by atoms with Crippen LogP contribution in [0, 0.1) is 10.8 Å². The molecule has 0 saturated carbocycles. The lowest BCUT2D eigenvalue weighted by Crippen LogP contribution is -2.37. The molecule has 0 amide bonds. The average Bonchev–Trinajstić information content (AvgIpc) is 2.75. The van der Waals surface area contributed by atoms with Crippen LogP contribution in [0.5, 0.6) is 5.88 Å². The number of hydrogen-bond acceptors (Lipinski definition) is 4. The maximum absolute atomic E-state index is 13.3. The lowest BCUT2D eigenvalue weighted by molar-refractivity contribution is -0.118. The molecule has 1 aromatic heterocycles. The van der Waals surface area contributed by atoms with Gasteiger partial charge in [0.25, 0.3) is 0 Å². The number of Topliss-reactive ketones (excluding diaryl/α,β-unsaturated/α-hetero) is 1. The molecular formula is C26H24ClN3O2. The Labute approximate surface area is 191 Å². The van der Waals surface area contributed by atoms with Crippen molar-refractivity contribution in [3.63, 3.8) is 0 Å². The molecule has 1 aliphatic heterocycles. The van der Waals surface area contributed by atoms with E-state index in [0.717, 1.165) is 11.1 Å². The van der Waals surface area contributed by atoms with E-state index in [1.165, 1.54) is 0 Å². The first-order valence-corrected chi connectivity index (χ1v) is 11.1. The number of hydrogen-bond donors (Lipinski definition) is 1. The third-order valence-corrected chi connectivity index (χ3v) is 6.41. The summed E-state index contributed by atoms with van der Waals surface area (Å²) in [6, 6.07) is 17.5. The van der Waals surface area contributed by atoms with E-state index in [1.807, 2.05) is 54.6 Å². The summed E-state index contributed by atoms with van der Waals surface area (Å²) in [6.07, 6.45) is 2.76. The van der Waals surface area contributed by atoms with E-state index in [0.29, 0.717) is 52.7 Å². The van der Waals surface area contributed by atoms with Crippen LogP contribution in [0.15, 0.2) is 72.3 Å². The Bertz CT molecular complexity index is 1290. The Morgan fingerprint density at radius 1 is 1.12 bits per heavy atom. The summed E-state index contributed by atoms with van der Waals surface area (Å²) in [5.41, 5.74) is 3.37. The molecule has 0 radical (unpaired) electrons. The predicted octanol–water partition coefficient (Wildman–Crippen LogP) is 5.23. The van der Waals surface area contributed by atoms with Crippen LogP contribution in [0.2, 0.25) is 5.02 Å². The number of rotatable bonds is 3. The highest BCUT2D eigenvalue weighted by atomic mass is 35.5. The Morgan fingerprint density at radius 2 is 1.84 bits per heavy atom. The van der Waals surface area contributed by atoms with Gasteiger partial charge in [0.05, 0.1) is 12.1 Å². The molecule has 3 aromatic rings. The zero-order chi connectivity index (χ0) is 22.5. The van der Waals surface area contributed by atoms with E-state index in [-0.39, 0.29) is 11.2 Å². The first kappa shape index (κ1) is 20.7. The van der Waals surface area contributed by atoms with Gasteiger partial charge in [-0.3, -0.25) is 10.2 Å². The van der Waals surface area contributed by atoms with Crippen molar-refractivity contribution in [1.29, 1.82) is 5.41 Å². The van der Waals surface area contributed by atoms with Gasteiger partial charge in [0.2, 0.25) is 5.88 Å². The number of carbonyl (C=O) groups is 1. The van der Waals surface area contributed by atoms with E-state index in [1.54, 1.807) is 10.9 Å². The van der Waals surface area contributed by atoms with Gasteiger partial charge in [0, 0.05) is 29.4 Å². The predicted molar refractivity (Wildman–Crippen MR) is 123 cm³/mol. The van der Waals surface area contributed by atoms with Crippen molar-refractivity contribution in [1.82, 2.24) is 9.55 Å². The van der Waals surface area contributed by atoms with Crippen LogP contribution in [0.4, 0.5) is 0 Å². The standard InChI is InChI=1S/C26H24ClN3O2/c1-26(2)12-19(31)22-20(13-26)32-25-23(21(22)17-8-10-18(27)11-9-17)24(28)30(15-29-25)14-16-6-4-3-5-7-16/h3-11,15,21,28H,12-14H2,1-2H3. The van der Waals surface area contributed by atoms with Gasteiger partial charge in [-0.05, 0) is 28.7 Å². The minimum absolute atomic E-state index is 0.0692. The van der Waals surface area contributed by atoms with Crippen LogP contribution < -0.4 is 10.2 Å². The number of benzene rings is 2. The largest absolute Gasteiger partial charge is 0.442 e. The highest BCUT2D eigenvalue weighted by Gasteiger charge is 2.43. The summed E-state index contributed by atoms with van der Waals surface area (Å²) in [4.78, 5) is 17.9. The summed E-state index contributed by atoms with van der Waals surface area (Å²) < 4.78 is 7.99. The third kappa shape index (κ3) is 3.67. The summed E-state index contributed by atoms with van der Waals surface area (Å²) >= 11 is 6.14. The van der Waals surface area contributed by atoms with Gasteiger partial charge in [-0.2, -0.15) is 0 Å². The Kier molecular flexibility index (Phi) is 5.01. The summed E-state index contributed by atoms with van der Waals surface area (Å²) in [5.74, 6) is 0.743. The molecule has 5 nitrogen and oxygen atoms in total. The SMILES string of the molecule is CC1(C)CC(=O)C2=C(C1)Oc1ncn(Cc3ccccc3)c(=N)c1C2c1ccc(Cl)cc1. The molecule has 32 heavy (non-hydrogen) atoms. The summed E-state index contributed by atoms with van der Waals surface area (Å²) in [7, 11) is 0. The second-order valence-corrected chi connectivity index (χ2v) is 9.73. The zero-order valence-electron chi connectivity index (χ0n) is 18.1. The molecule has 1 N–H and O–H groups in total. The smallest absolute Gasteiger partial charge is 0.228 e. The third-order valence-electron chi connectivity index (χ3n) is 6.16. The Balaban J connectivity index is 1.69. The molecule has 2 heterocycles. The molecule has 6 heteroatoms. The fraction of sp³-hybridized carbons (Fsp3) is 0.269. The molecule has 162 valence electrons. The number of allylic oxidation sites excluding steroid dienone is 2. The highest BCUT2D eigenvalue weighted by Crippen LogP contribution is 2.48. The monoisotopic (exact) mass is 445 g/mol. The van der Waals surface area contributed by atoms with E-state index in [4.69, 9.17) is 21.7 Å². The van der Waals surface area contributed by atoms with E-state index in [9.17, 15) is 4.79 Å². The molecule has 0 fully saturated rings. The van der Waals surface area contributed by atoms with Crippen LogP contribution >= 0.6 is 11.6 Å². The molecule has 1 atom stereocenters. The fourth-order valence-corrected chi connectivity index (χ4v) is 4.81. The number of ketones is 1. The zero-order valence-corrected chi connectivity index (χ0v) is 18.8. The van der Waals surface area contributed by atoms with Gasteiger partial charge < -0.3 is 9.30 Å². The molecule has 1 aliphatic carbocycles. The topological polar surface area (TPSA) is 68.0 Å². The molecule has 0 bridgehead atoms. The van der Waals surface area contributed by atoms with Gasteiger partial charge in [-0.15, -0.1) is 0 Å². The molecule has 2 aromatic carbocycles. The number of ether oxygens (including phenoxy) is 1. The lowest BCUT2D eigenvalue weighted by atomic mass is 9.70. The van der Waals surface area contributed by atoms with Crippen molar-refractivity contribution in [2.45, 2.75) is 39.2 Å². The summed E-state index contributed by atoms with van der Waals surface area (Å²) in [5, 5.41) is 9.66. The van der Waals surface area contributed by atoms with Gasteiger partial charge >= 0.3 is 0 Å². The number of carbonyl (C=O) groups excluding carboxylic acids is 1. The first-order valence-electron chi connectivity index (χ1n) is 10.7. The van der Waals surface area contributed by atoms with Crippen molar-refractivity contribution in [3.8, 4) is 5.88 Å². The molecule has 0 spiro atoms. The molecule has 2 aliphatic rings. The first-order chi connectivity index (χ1) is 15.3. The molecule has 1 unspecified atom stereocenters. The molecule has 5 rings (SSSR count). The molecular weight excluding hydrogens is 422 g/mol. The average molecular weight is 446 g/mol. The van der Waals surface area contributed by atoms with Crippen molar-refractivity contribution >= 4 is 17.4 Å². The Hall–Kier alpha value is -3.18. The van der Waals surface area contributed by atoms with Crippen molar-refractivity contribution in [2.24, 2.45) is 5.41 Å². The van der Waals surface area contributed by atoms with Crippen LogP contribution in [0.3, 0.4) is 0 Å². The van der Waals surface area contributed by atoms with E-state index in [2.05, 4.69) is 18.8 Å². The van der Waals surface area contributed by atoms with Crippen molar-refractivity contribution < 1.29 is 9.53 Å². The van der Waals surface area contributed by atoms with Gasteiger partial charge in [-0.25, -0.2) is 4.98 Å². The second kappa shape index (κ2) is 7.75. The number of fused-ring (bicyclic) bond motifs is 1. The van der Waals surface area contributed by atoms with Crippen LogP contribution in [-0.4, -0.2) is 15.3 Å². The Morgan fingerprint density at radius 3 is 2.56 bits per heavy atom. The highest BCUT2D eigenvalue weighted by molar-refractivity contribution is 6.30. The number of nitrogens with zero attached hydrogens (tertiary/aromatic N) is 2. The number of nitrogens with one attached hydrogen (secondary N) is 1. The van der Waals surface area contributed by atoms with E-state index >= 15 is 0 Å². The molecule has 0 saturated heterocycles. The van der Waals surface area contributed by atoms with Crippen molar-refractivity contribution in [3.05, 3.63) is 99.5 Å². The maximum Gasteiger partial charge on any atom is 0.228 e. The van der Waals surface area contributed by atoms with Crippen LogP contribution in [0.1, 0.15) is 49.3 Å². The van der Waals surface area contributed by atoms with E-state index < -0.39 is 5.92 Å². The minimum atomic E-state index is -0.405. The second-order valence-electron chi connectivity index (χ2n) is 9.29. The summed E-state index contributed by atoms with van der Waals surface area (Å²) in [6.45, 7) is 4.67. The lowest BCUT2D eigenvalue weighted by Gasteiger charge is -2.37.